The van der Waals surface area contributed by atoms with Gasteiger partial charge in [-0.05, 0) is 34.6 Å². The third kappa shape index (κ3) is 3.07. The first-order valence-corrected chi connectivity index (χ1v) is 5.90. The lowest BCUT2D eigenvalue weighted by atomic mass is 9.80. The van der Waals surface area contributed by atoms with Crippen LogP contribution in [0.2, 0.25) is 0 Å². The molecule has 1 rings (SSSR count). The summed E-state index contributed by atoms with van der Waals surface area (Å²) in [6, 6.07) is 0. The molecule has 0 amide bonds. The summed E-state index contributed by atoms with van der Waals surface area (Å²) in [5.74, 6) is -0.374. The van der Waals surface area contributed by atoms with Crippen LogP contribution in [0.15, 0.2) is 12.2 Å². The van der Waals surface area contributed by atoms with Crippen molar-refractivity contribution < 1.29 is 9.53 Å². The SMILES string of the molecule is C=C(C)C(=O)OC1CC(C)(C)N([O-])C(C)(C)C1. The molecule has 0 bridgehead atoms. The highest BCUT2D eigenvalue weighted by molar-refractivity contribution is 5.87. The van der Waals surface area contributed by atoms with E-state index >= 15 is 0 Å². The molecule has 0 aromatic carbocycles. The second-order valence-corrected chi connectivity index (χ2v) is 6.14. The molecule has 1 aliphatic rings. The van der Waals surface area contributed by atoms with Gasteiger partial charge < -0.3 is 15.0 Å². The molecule has 0 unspecified atom stereocenters. The van der Waals surface area contributed by atoms with Gasteiger partial charge in [-0.25, -0.2) is 4.79 Å². The van der Waals surface area contributed by atoms with Gasteiger partial charge in [-0.1, -0.05) is 6.58 Å². The number of nitrogens with zero attached hydrogens (tertiary/aromatic N) is 1. The molecular weight excluding hydrogens is 218 g/mol. The highest BCUT2D eigenvalue weighted by Crippen LogP contribution is 2.38. The number of hydrogen-bond donors (Lipinski definition) is 0. The molecule has 4 heteroatoms. The Morgan fingerprint density at radius 3 is 2.06 bits per heavy atom. The van der Waals surface area contributed by atoms with Gasteiger partial charge in [0, 0.05) is 29.5 Å². The van der Waals surface area contributed by atoms with Crippen LogP contribution in [0.4, 0.5) is 0 Å². The lowest BCUT2D eigenvalue weighted by Crippen LogP contribution is -2.59. The van der Waals surface area contributed by atoms with Crippen molar-refractivity contribution in [2.24, 2.45) is 0 Å². The molecule has 1 saturated heterocycles. The van der Waals surface area contributed by atoms with Crippen molar-refractivity contribution in [2.45, 2.75) is 64.6 Å². The number of hydrogen-bond acceptors (Lipinski definition) is 4. The van der Waals surface area contributed by atoms with Crippen molar-refractivity contribution in [3.05, 3.63) is 17.4 Å². The molecule has 0 saturated carbocycles. The van der Waals surface area contributed by atoms with E-state index in [0.29, 0.717) is 18.4 Å². The zero-order valence-corrected chi connectivity index (χ0v) is 11.4. The molecule has 0 aromatic rings. The van der Waals surface area contributed by atoms with E-state index < -0.39 is 11.1 Å². The smallest absolute Gasteiger partial charge is 0.333 e. The van der Waals surface area contributed by atoms with E-state index in [-0.39, 0.29) is 12.1 Å². The Hall–Kier alpha value is -0.870. The van der Waals surface area contributed by atoms with E-state index in [0.717, 1.165) is 5.06 Å². The Labute approximate surface area is 103 Å². The minimum atomic E-state index is -0.512. The van der Waals surface area contributed by atoms with Crippen molar-refractivity contribution in [1.29, 1.82) is 0 Å². The Balaban J connectivity index is 2.78. The predicted octanol–water partition coefficient (Wildman–Crippen LogP) is 2.63. The first-order chi connectivity index (χ1) is 7.56. The van der Waals surface area contributed by atoms with Gasteiger partial charge in [-0.2, -0.15) is 0 Å². The quantitative estimate of drug-likeness (QED) is 0.550. The maximum atomic E-state index is 12.1. The average molecular weight is 240 g/mol. The summed E-state index contributed by atoms with van der Waals surface area (Å²) < 4.78 is 5.37. The largest absolute Gasteiger partial charge is 0.784 e. The van der Waals surface area contributed by atoms with Crippen molar-refractivity contribution >= 4 is 5.97 Å². The van der Waals surface area contributed by atoms with Gasteiger partial charge in [0.05, 0.1) is 0 Å². The van der Waals surface area contributed by atoms with Crippen LogP contribution in [0.25, 0.3) is 0 Å². The monoisotopic (exact) mass is 240 g/mol. The van der Waals surface area contributed by atoms with Crippen LogP contribution in [0, 0.1) is 5.21 Å². The Bertz CT molecular complexity index is 316. The number of rotatable bonds is 2. The van der Waals surface area contributed by atoms with Crippen molar-refractivity contribution in [3.63, 3.8) is 0 Å². The summed E-state index contributed by atoms with van der Waals surface area (Å²) in [4.78, 5) is 11.5. The highest BCUT2D eigenvalue weighted by Gasteiger charge is 2.41. The number of carbonyl (C=O) groups is 1. The van der Waals surface area contributed by atoms with Crippen LogP contribution in [0.5, 0.6) is 0 Å². The lowest BCUT2D eigenvalue weighted by Gasteiger charge is -2.59. The number of piperidine rings is 1. The molecular formula is C13H22NO3-. The fourth-order valence-electron chi connectivity index (χ4n) is 2.51. The highest BCUT2D eigenvalue weighted by atomic mass is 16.5. The predicted molar refractivity (Wildman–Crippen MR) is 67.3 cm³/mol. The van der Waals surface area contributed by atoms with Crippen LogP contribution in [-0.2, 0) is 9.53 Å². The van der Waals surface area contributed by atoms with Crippen molar-refractivity contribution in [3.8, 4) is 0 Å². The fraction of sp³-hybridized carbons (Fsp3) is 0.769. The zero-order chi connectivity index (χ0) is 13.4. The molecule has 98 valence electrons. The molecule has 0 aromatic heterocycles. The summed E-state index contributed by atoms with van der Waals surface area (Å²) in [5, 5.41) is 13.2. The maximum absolute atomic E-state index is 12.1. The zero-order valence-electron chi connectivity index (χ0n) is 11.4. The standard InChI is InChI=1S/C13H22NO3/c1-9(2)11(15)17-10-7-12(3,4)14(16)13(5,6)8-10/h10H,1,7-8H2,2-6H3/q-1. The van der Waals surface area contributed by atoms with Gasteiger partial charge in [0.15, 0.2) is 0 Å². The van der Waals surface area contributed by atoms with Crippen LogP contribution in [0.3, 0.4) is 0 Å². The summed E-state index contributed by atoms with van der Waals surface area (Å²) in [5.41, 5.74) is -0.631. The third-order valence-electron chi connectivity index (χ3n) is 3.18. The normalized spacial score (nSPS) is 24.4. The van der Waals surface area contributed by atoms with E-state index in [9.17, 15) is 10.0 Å². The molecule has 17 heavy (non-hydrogen) atoms. The van der Waals surface area contributed by atoms with E-state index in [1.165, 1.54) is 0 Å². The number of ether oxygens (including phenoxy) is 1. The van der Waals surface area contributed by atoms with Gasteiger partial charge in [0.25, 0.3) is 0 Å². The van der Waals surface area contributed by atoms with Crippen molar-refractivity contribution in [1.82, 2.24) is 5.06 Å². The number of esters is 1. The molecule has 1 heterocycles. The topological polar surface area (TPSA) is 52.6 Å². The van der Waals surface area contributed by atoms with Crippen molar-refractivity contribution in [2.75, 3.05) is 0 Å². The third-order valence-corrected chi connectivity index (χ3v) is 3.18. The van der Waals surface area contributed by atoms with Gasteiger partial charge in [-0.3, -0.25) is 0 Å². The van der Waals surface area contributed by atoms with E-state index in [1.807, 2.05) is 27.7 Å². The molecule has 0 spiro atoms. The Morgan fingerprint density at radius 1 is 1.29 bits per heavy atom. The summed E-state index contributed by atoms with van der Waals surface area (Å²) in [7, 11) is 0. The van der Waals surface area contributed by atoms with Gasteiger partial charge in [0.1, 0.15) is 6.10 Å². The van der Waals surface area contributed by atoms with E-state index in [4.69, 9.17) is 4.74 Å². The lowest BCUT2D eigenvalue weighted by molar-refractivity contribution is -0.152. The molecule has 1 fully saturated rings. The Morgan fingerprint density at radius 2 is 1.71 bits per heavy atom. The van der Waals surface area contributed by atoms with Gasteiger partial charge >= 0.3 is 5.97 Å². The average Bonchev–Trinajstić information content (AvgIpc) is 2.12. The van der Waals surface area contributed by atoms with Crippen LogP contribution >= 0.6 is 0 Å². The molecule has 1 aliphatic heterocycles. The van der Waals surface area contributed by atoms with Crippen LogP contribution in [0.1, 0.15) is 47.5 Å². The second-order valence-electron chi connectivity index (χ2n) is 6.14. The van der Waals surface area contributed by atoms with E-state index in [2.05, 4.69) is 6.58 Å². The fourth-order valence-corrected chi connectivity index (χ4v) is 2.51. The van der Waals surface area contributed by atoms with Gasteiger partial charge in [0.2, 0.25) is 0 Å². The van der Waals surface area contributed by atoms with E-state index in [1.54, 1.807) is 6.92 Å². The molecule has 0 aliphatic carbocycles. The summed E-state index contributed by atoms with van der Waals surface area (Å²) in [6.45, 7) is 12.7. The Kier molecular flexibility index (Phi) is 3.69. The molecule has 0 radical (unpaired) electrons. The second kappa shape index (κ2) is 4.42. The molecule has 0 N–H and O–H groups in total. The first-order valence-electron chi connectivity index (χ1n) is 5.90. The summed E-state index contributed by atoms with van der Waals surface area (Å²) in [6.07, 6.45) is 0.896. The first kappa shape index (κ1) is 14.2. The minimum absolute atomic E-state index is 0.214. The number of hydroxylamine groups is 2. The molecule has 0 atom stereocenters. The van der Waals surface area contributed by atoms with Crippen LogP contribution in [-0.4, -0.2) is 28.2 Å². The number of carbonyl (C=O) groups excluding carboxylic acids is 1. The van der Waals surface area contributed by atoms with Gasteiger partial charge in [-0.15, -0.1) is 0 Å². The maximum Gasteiger partial charge on any atom is 0.333 e. The summed E-state index contributed by atoms with van der Waals surface area (Å²) >= 11 is 0. The minimum Gasteiger partial charge on any atom is -0.784 e. The molecule has 4 nitrogen and oxygen atoms in total. The van der Waals surface area contributed by atoms with Crippen LogP contribution < -0.4 is 0 Å².